The molecule has 1 aromatic rings. The van der Waals surface area contributed by atoms with Crippen molar-refractivity contribution in [2.24, 2.45) is 0 Å². The lowest BCUT2D eigenvalue weighted by Crippen LogP contribution is -2.49. The monoisotopic (exact) mass is 386 g/mol. The first-order valence-electron chi connectivity index (χ1n) is 8.98. The number of ether oxygens (including phenoxy) is 2. The smallest absolute Gasteiger partial charge is 0.339 e. The summed E-state index contributed by atoms with van der Waals surface area (Å²) >= 11 is 0. The quantitative estimate of drug-likeness (QED) is 0.793. The Hall–Kier alpha value is -3.16. The average molecular weight is 386 g/mol. The number of carbonyl (C=O) groups is 4. The zero-order valence-corrected chi connectivity index (χ0v) is 16.0. The molecule has 1 saturated heterocycles. The number of para-hydroxylation sites is 1. The van der Waals surface area contributed by atoms with Gasteiger partial charge < -0.3 is 19.7 Å². The Bertz CT molecular complexity index is 880. The van der Waals surface area contributed by atoms with Crippen LogP contribution in [0.4, 0.5) is 5.69 Å². The molecule has 2 heterocycles. The van der Waals surface area contributed by atoms with E-state index < -0.39 is 23.4 Å². The number of esters is 2. The second kappa shape index (κ2) is 7.46. The molecule has 0 radical (unpaired) electrons. The van der Waals surface area contributed by atoms with Crippen molar-refractivity contribution in [3.63, 3.8) is 0 Å². The highest BCUT2D eigenvalue weighted by atomic mass is 16.6. The van der Waals surface area contributed by atoms with E-state index in [0.717, 1.165) is 0 Å². The number of benzene rings is 1. The van der Waals surface area contributed by atoms with Crippen molar-refractivity contribution in [2.45, 2.75) is 32.3 Å². The molecule has 0 aromatic heterocycles. The van der Waals surface area contributed by atoms with Gasteiger partial charge in [0.2, 0.25) is 5.91 Å². The summed E-state index contributed by atoms with van der Waals surface area (Å²) < 4.78 is 10.3. The van der Waals surface area contributed by atoms with E-state index in [9.17, 15) is 19.2 Å². The van der Waals surface area contributed by atoms with Crippen LogP contribution in [0.5, 0.6) is 0 Å². The van der Waals surface area contributed by atoms with Gasteiger partial charge >= 0.3 is 11.9 Å². The Morgan fingerprint density at radius 1 is 1.18 bits per heavy atom. The molecule has 2 aliphatic heterocycles. The first-order chi connectivity index (χ1) is 13.3. The number of hydrogen-bond acceptors (Lipinski definition) is 6. The molecule has 3 rings (SSSR count). The Balaban J connectivity index is 1.89. The van der Waals surface area contributed by atoms with Crippen molar-refractivity contribution >= 4 is 29.4 Å². The third-order valence-electron chi connectivity index (χ3n) is 5.25. The number of hydrogen-bond donors (Lipinski definition) is 1. The number of rotatable bonds is 3. The summed E-state index contributed by atoms with van der Waals surface area (Å²) in [6.07, 6.45) is 0.689. The van der Waals surface area contributed by atoms with Crippen LogP contribution in [0.2, 0.25) is 0 Å². The molecule has 2 amide bonds. The number of anilines is 1. The van der Waals surface area contributed by atoms with Crippen molar-refractivity contribution in [2.75, 3.05) is 25.5 Å². The molecule has 0 aliphatic carbocycles. The summed E-state index contributed by atoms with van der Waals surface area (Å²) in [4.78, 5) is 50.5. The molecule has 8 nitrogen and oxygen atoms in total. The number of nitrogens with zero attached hydrogens (tertiary/aromatic N) is 1. The predicted molar refractivity (Wildman–Crippen MR) is 99.4 cm³/mol. The molecule has 0 atom stereocenters. The highest BCUT2D eigenvalue weighted by molar-refractivity contribution is 6.14. The van der Waals surface area contributed by atoms with Gasteiger partial charge in [0.1, 0.15) is 5.60 Å². The maximum atomic E-state index is 13.1. The van der Waals surface area contributed by atoms with Crippen LogP contribution in [-0.4, -0.2) is 54.5 Å². The van der Waals surface area contributed by atoms with Crippen LogP contribution in [0.25, 0.3) is 0 Å². The zero-order chi connectivity index (χ0) is 20.5. The maximum absolute atomic E-state index is 13.1. The number of piperidine rings is 1. The predicted octanol–water partition coefficient (Wildman–Crippen LogP) is 1.67. The number of methoxy groups -OCH3 is 1. The lowest BCUT2D eigenvalue weighted by molar-refractivity contribution is -0.152. The van der Waals surface area contributed by atoms with Crippen molar-refractivity contribution in [1.29, 1.82) is 0 Å². The maximum Gasteiger partial charge on any atom is 0.339 e. The molecular weight excluding hydrogens is 364 g/mol. The van der Waals surface area contributed by atoms with Gasteiger partial charge in [0.25, 0.3) is 5.91 Å². The van der Waals surface area contributed by atoms with Gasteiger partial charge in [0.05, 0.1) is 23.9 Å². The highest BCUT2D eigenvalue weighted by Crippen LogP contribution is 2.41. The van der Waals surface area contributed by atoms with Crippen LogP contribution in [0.3, 0.4) is 0 Å². The standard InChI is InChI=1S/C20H22N2O6/c1-12-16(17(24)21-15-7-5-4-6-14(15)19(26)27-3)20(28-18(12)25)8-10-22(11-9-20)13(2)23/h4-7H,8-11H2,1-3H3,(H,21,24). The summed E-state index contributed by atoms with van der Waals surface area (Å²) in [7, 11) is 1.26. The third kappa shape index (κ3) is 3.37. The molecule has 2 aliphatic rings. The molecule has 1 aromatic carbocycles. The summed E-state index contributed by atoms with van der Waals surface area (Å²) in [5, 5.41) is 2.71. The SMILES string of the molecule is COC(=O)c1ccccc1NC(=O)C1=C(C)C(=O)OC12CCN(C(C)=O)CC2. The fourth-order valence-corrected chi connectivity index (χ4v) is 3.73. The first-order valence-corrected chi connectivity index (χ1v) is 8.98. The van der Waals surface area contributed by atoms with Crippen LogP contribution < -0.4 is 5.32 Å². The molecule has 0 unspecified atom stereocenters. The fraction of sp³-hybridized carbons (Fsp3) is 0.400. The minimum atomic E-state index is -1.06. The molecule has 1 N–H and O–H groups in total. The van der Waals surface area contributed by atoms with Crippen molar-refractivity contribution < 1.29 is 28.7 Å². The summed E-state index contributed by atoms with van der Waals surface area (Å²) in [5.74, 6) is -1.68. The minimum absolute atomic E-state index is 0.0575. The molecular formula is C20H22N2O6. The van der Waals surface area contributed by atoms with E-state index >= 15 is 0 Å². The Labute approximate surface area is 162 Å². The molecule has 1 fully saturated rings. The third-order valence-corrected chi connectivity index (χ3v) is 5.25. The molecule has 0 bridgehead atoms. The van der Waals surface area contributed by atoms with Crippen LogP contribution in [0.1, 0.15) is 37.0 Å². The Kier molecular flexibility index (Phi) is 5.22. The Morgan fingerprint density at radius 3 is 2.43 bits per heavy atom. The normalized spacial score (nSPS) is 18.1. The number of nitrogens with one attached hydrogen (secondary N) is 1. The molecule has 1 spiro atoms. The van der Waals surface area contributed by atoms with Crippen molar-refractivity contribution in [3.05, 3.63) is 41.0 Å². The molecule has 8 heteroatoms. The average Bonchev–Trinajstić information content (AvgIpc) is 2.91. The highest BCUT2D eigenvalue weighted by Gasteiger charge is 2.51. The van der Waals surface area contributed by atoms with E-state index in [2.05, 4.69) is 5.32 Å². The summed E-state index contributed by atoms with van der Waals surface area (Å²) in [6.45, 7) is 3.82. The minimum Gasteiger partial charge on any atom is -0.465 e. The Morgan fingerprint density at radius 2 is 1.82 bits per heavy atom. The lowest BCUT2D eigenvalue weighted by atomic mass is 9.82. The fourth-order valence-electron chi connectivity index (χ4n) is 3.73. The van der Waals surface area contributed by atoms with Crippen LogP contribution in [-0.2, 0) is 23.9 Å². The van der Waals surface area contributed by atoms with Crippen LogP contribution in [0, 0.1) is 0 Å². The summed E-state index contributed by atoms with van der Waals surface area (Å²) in [5.41, 5.74) is -0.0699. The van der Waals surface area contributed by atoms with E-state index in [1.165, 1.54) is 14.0 Å². The topological polar surface area (TPSA) is 102 Å². The van der Waals surface area contributed by atoms with E-state index in [1.54, 1.807) is 36.1 Å². The zero-order valence-electron chi connectivity index (χ0n) is 16.0. The van der Waals surface area contributed by atoms with E-state index in [1.807, 2.05) is 0 Å². The van der Waals surface area contributed by atoms with Gasteiger partial charge in [0.15, 0.2) is 0 Å². The number of amides is 2. The summed E-state index contributed by atoms with van der Waals surface area (Å²) in [6, 6.07) is 6.47. The van der Waals surface area contributed by atoms with Crippen molar-refractivity contribution in [3.8, 4) is 0 Å². The van der Waals surface area contributed by atoms with E-state index in [-0.39, 0.29) is 28.3 Å². The first kappa shape index (κ1) is 19.6. The number of carbonyl (C=O) groups excluding carboxylic acids is 4. The van der Waals surface area contributed by atoms with Gasteiger partial charge in [0, 0.05) is 38.4 Å². The van der Waals surface area contributed by atoms with Gasteiger partial charge in [-0.05, 0) is 19.1 Å². The van der Waals surface area contributed by atoms with Crippen molar-refractivity contribution in [1.82, 2.24) is 4.90 Å². The lowest BCUT2D eigenvalue weighted by Gasteiger charge is -2.39. The van der Waals surface area contributed by atoms with E-state index in [0.29, 0.717) is 25.9 Å². The second-order valence-corrected chi connectivity index (χ2v) is 6.88. The van der Waals surface area contributed by atoms with Crippen LogP contribution >= 0.6 is 0 Å². The van der Waals surface area contributed by atoms with Gasteiger partial charge in [-0.15, -0.1) is 0 Å². The van der Waals surface area contributed by atoms with Gasteiger partial charge in [-0.2, -0.15) is 0 Å². The molecule has 148 valence electrons. The number of likely N-dealkylation sites (tertiary alicyclic amines) is 1. The molecule has 28 heavy (non-hydrogen) atoms. The molecule has 0 saturated carbocycles. The van der Waals surface area contributed by atoms with Crippen LogP contribution in [0.15, 0.2) is 35.4 Å². The van der Waals surface area contributed by atoms with Gasteiger partial charge in [-0.25, -0.2) is 9.59 Å². The largest absolute Gasteiger partial charge is 0.465 e. The van der Waals surface area contributed by atoms with Gasteiger partial charge in [-0.1, -0.05) is 12.1 Å². The van der Waals surface area contributed by atoms with Gasteiger partial charge in [-0.3, -0.25) is 9.59 Å². The second-order valence-electron chi connectivity index (χ2n) is 6.88. The van der Waals surface area contributed by atoms with E-state index in [4.69, 9.17) is 9.47 Å².